The summed E-state index contributed by atoms with van der Waals surface area (Å²) in [6.45, 7) is 1.44. The zero-order valence-corrected chi connectivity index (χ0v) is 13.8. The smallest absolute Gasteiger partial charge is 0.320 e. The number of aromatic nitrogens is 3. The Hall–Kier alpha value is -3.13. The Morgan fingerprint density at radius 2 is 2.12 bits per heavy atom. The Balaban J connectivity index is 1.49. The number of benzene rings is 1. The molecule has 0 fully saturated rings. The molecule has 130 valence electrons. The fraction of sp³-hybridized carbons (Fsp3) is 0.235. The number of methoxy groups -OCH3 is 1. The van der Waals surface area contributed by atoms with Crippen molar-refractivity contribution in [1.29, 1.82) is 0 Å². The van der Waals surface area contributed by atoms with E-state index in [1.54, 1.807) is 24.1 Å². The Kier molecular flexibility index (Phi) is 5.43. The molecule has 3 rings (SSSR count). The molecule has 0 aliphatic heterocycles. The van der Waals surface area contributed by atoms with Crippen LogP contribution in [0.2, 0.25) is 0 Å². The molecule has 0 aliphatic carbocycles. The Morgan fingerprint density at radius 1 is 1.28 bits per heavy atom. The molecule has 0 radical (unpaired) electrons. The van der Waals surface area contributed by atoms with Crippen LogP contribution in [0.15, 0.2) is 53.3 Å². The van der Waals surface area contributed by atoms with Crippen molar-refractivity contribution in [3.05, 3.63) is 54.6 Å². The van der Waals surface area contributed by atoms with Gasteiger partial charge in [-0.2, -0.15) is 5.10 Å². The summed E-state index contributed by atoms with van der Waals surface area (Å²) in [4.78, 5) is 16.3. The highest BCUT2D eigenvalue weighted by atomic mass is 16.5. The van der Waals surface area contributed by atoms with E-state index in [4.69, 9.17) is 9.15 Å². The maximum Gasteiger partial charge on any atom is 0.320 e. The third kappa shape index (κ3) is 4.67. The Bertz CT molecular complexity index is 813. The first-order valence-electron chi connectivity index (χ1n) is 7.81. The number of nitrogens with one attached hydrogen (secondary N) is 2. The minimum absolute atomic E-state index is 0.256. The van der Waals surface area contributed by atoms with Crippen LogP contribution < -0.4 is 10.6 Å². The monoisotopic (exact) mass is 341 g/mol. The predicted molar refractivity (Wildman–Crippen MR) is 91.9 cm³/mol. The molecule has 0 atom stereocenters. The summed E-state index contributed by atoms with van der Waals surface area (Å²) in [6.07, 6.45) is 3.31. The number of carbonyl (C=O) groups is 1. The Morgan fingerprint density at radius 3 is 2.92 bits per heavy atom. The van der Waals surface area contributed by atoms with E-state index >= 15 is 0 Å². The van der Waals surface area contributed by atoms with Crippen molar-refractivity contribution in [2.45, 2.75) is 13.1 Å². The van der Waals surface area contributed by atoms with Crippen molar-refractivity contribution < 1.29 is 13.9 Å². The molecule has 0 unspecified atom stereocenters. The molecule has 2 amide bonds. The molecule has 0 saturated heterocycles. The highest BCUT2D eigenvalue weighted by molar-refractivity contribution is 5.88. The van der Waals surface area contributed by atoms with E-state index in [1.807, 2.05) is 30.3 Å². The molecule has 0 bridgehead atoms. The van der Waals surface area contributed by atoms with Crippen LogP contribution in [0.3, 0.4) is 0 Å². The topological polar surface area (TPSA) is 94.2 Å². The summed E-state index contributed by atoms with van der Waals surface area (Å²) in [5, 5.41) is 9.60. The minimum Gasteiger partial charge on any atom is -0.444 e. The van der Waals surface area contributed by atoms with Gasteiger partial charge in [0.15, 0.2) is 5.82 Å². The van der Waals surface area contributed by atoms with Crippen LogP contribution in [0, 0.1) is 0 Å². The van der Waals surface area contributed by atoms with Gasteiger partial charge < -0.3 is 14.5 Å². The minimum atomic E-state index is -0.360. The molecule has 1 aromatic carbocycles. The molecular weight excluding hydrogens is 322 g/mol. The average Bonchev–Trinajstić information content (AvgIpc) is 3.28. The second-order valence-corrected chi connectivity index (χ2v) is 5.27. The van der Waals surface area contributed by atoms with Crippen molar-refractivity contribution >= 4 is 11.8 Å². The van der Waals surface area contributed by atoms with Gasteiger partial charge in [-0.15, -0.1) is 0 Å². The lowest BCUT2D eigenvalue weighted by atomic mass is 10.2. The van der Waals surface area contributed by atoms with Crippen LogP contribution in [0.25, 0.3) is 11.5 Å². The molecular formula is C17H19N5O3. The summed E-state index contributed by atoms with van der Waals surface area (Å²) in [5.41, 5.74) is 1.53. The SMILES string of the molecule is COCCn1ccc(NC(=O)NCc2coc(-c3ccccc3)n2)n1. The van der Waals surface area contributed by atoms with Gasteiger partial charge in [0.2, 0.25) is 5.89 Å². The highest BCUT2D eigenvalue weighted by Crippen LogP contribution is 2.17. The molecule has 25 heavy (non-hydrogen) atoms. The number of amides is 2. The summed E-state index contributed by atoms with van der Waals surface area (Å²) < 4.78 is 12.1. The van der Waals surface area contributed by atoms with Crippen LogP contribution >= 0.6 is 0 Å². The van der Waals surface area contributed by atoms with Crippen LogP contribution in [0.5, 0.6) is 0 Å². The number of hydrogen-bond donors (Lipinski definition) is 2. The summed E-state index contributed by atoms with van der Waals surface area (Å²) in [5.74, 6) is 0.994. The molecule has 8 heteroatoms. The quantitative estimate of drug-likeness (QED) is 0.688. The lowest BCUT2D eigenvalue weighted by Crippen LogP contribution is -2.28. The first-order chi connectivity index (χ1) is 12.2. The molecule has 0 aliphatic rings. The van der Waals surface area contributed by atoms with E-state index < -0.39 is 0 Å². The van der Waals surface area contributed by atoms with Crippen LogP contribution in [0.4, 0.5) is 10.6 Å². The lowest BCUT2D eigenvalue weighted by molar-refractivity contribution is 0.183. The standard InChI is InChI=1S/C17H19N5O3/c1-24-10-9-22-8-7-15(21-22)20-17(23)18-11-14-12-25-16(19-14)13-5-3-2-4-6-13/h2-8,12H,9-11H2,1H3,(H2,18,20,21,23). The lowest BCUT2D eigenvalue weighted by Gasteiger charge is -2.03. The molecule has 2 aromatic heterocycles. The third-order valence-electron chi connectivity index (χ3n) is 3.41. The van der Waals surface area contributed by atoms with Crippen LogP contribution in [0.1, 0.15) is 5.69 Å². The van der Waals surface area contributed by atoms with Crippen LogP contribution in [-0.4, -0.2) is 34.5 Å². The van der Waals surface area contributed by atoms with Gasteiger partial charge >= 0.3 is 6.03 Å². The number of anilines is 1. The number of urea groups is 1. The number of oxazole rings is 1. The van der Waals surface area contributed by atoms with E-state index in [0.29, 0.717) is 30.6 Å². The summed E-state index contributed by atoms with van der Waals surface area (Å²) in [6, 6.07) is 10.9. The molecule has 2 heterocycles. The first-order valence-corrected chi connectivity index (χ1v) is 7.81. The number of ether oxygens (including phenoxy) is 1. The third-order valence-corrected chi connectivity index (χ3v) is 3.41. The van der Waals surface area contributed by atoms with E-state index in [-0.39, 0.29) is 12.6 Å². The predicted octanol–water partition coefficient (Wildman–Crippen LogP) is 2.51. The molecule has 8 nitrogen and oxygen atoms in total. The van der Waals surface area contributed by atoms with Crippen molar-refractivity contribution in [3.8, 4) is 11.5 Å². The van der Waals surface area contributed by atoms with E-state index in [9.17, 15) is 4.79 Å². The Labute approximate surface area is 144 Å². The summed E-state index contributed by atoms with van der Waals surface area (Å²) >= 11 is 0. The molecule has 3 aromatic rings. The average molecular weight is 341 g/mol. The number of hydrogen-bond acceptors (Lipinski definition) is 5. The normalized spacial score (nSPS) is 10.6. The zero-order valence-electron chi connectivity index (χ0n) is 13.8. The first kappa shape index (κ1) is 16.7. The van der Waals surface area contributed by atoms with Gasteiger partial charge in [-0.05, 0) is 12.1 Å². The molecule has 0 spiro atoms. The van der Waals surface area contributed by atoms with Crippen molar-refractivity contribution in [3.63, 3.8) is 0 Å². The molecule has 0 saturated carbocycles. The second-order valence-electron chi connectivity index (χ2n) is 5.27. The fourth-order valence-corrected chi connectivity index (χ4v) is 2.17. The highest BCUT2D eigenvalue weighted by Gasteiger charge is 2.09. The maximum atomic E-state index is 11.9. The number of nitrogens with zero attached hydrogens (tertiary/aromatic N) is 3. The zero-order chi connectivity index (χ0) is 17.5. The van der Waals surface area contributed by atoms with Gasteiger partial charge in [-0.1, -0.05) is 18.2 Å². The van der Waals surface area contributed by atoms with Crippen molar-refractivity contribution in [1.82, 2.24) is 20.1 Å². The van der Waals surface area contributed by atoms with Gasteiger partial charge in [0, 0.05) is 24.9 Å². The number of rotatable bonds is 7. The fourth-order valence-electron chi connectivity index (χ4n) is 2.17. The number of carbonyl (C=O) groups excluding carboxylic acids is 1. The van der Waals surface area contributed by atoms with Gasteiger partial charge in [0.1, 0.15) is 6.26 Å². The molecule has 2 N–H and O–H groups in total. The largest absolute Gasteiger partial charge is 0.444 e. The van der Waals surface area contributed by atoms with Gasteiger partial charge in [-0.3, -0.25) is 10.00 Å². The van der Waals surface area contributed by atoms with Gasteiger partial charge in [0.25, 0.3) is 0 Å². The van der Waals surface area contributed by atoms with Crippen molar-refractivity contribution in [2.24, 2.45) is 0 Å². The van der Waals surface area contributed by atoms with E-state index in [0.717, 1.165) is 5.56 Å². The summed E-state index contributed by atoms with van der Waals surface area (Å²) in [7, 11) is 1.63. The second kappa shape index (κ2) is 8.11. The van der Waals surface area contributed by atoms with Crippen molar-refractivity contribution in [2.75, 3.05) is 19.0 Å². The maximum absolute atomic E-state index is 11.9. The van der Waals surface area contributed by atoms with Gasteiger partial charge in [0.05, 0.1) is 25.4 Å². The van der Waals surface area contributed by atoms with Crippen LogP contribution in [-0.2, 0) is 17.8 Å². The van der Waals surface area contributed by atoms with E-state index in [2.05, 4.69) is 20.7 Å². The van der Waals surface area contributed by atoms with Gasteiger partial charge in [-0.25, -0.2) is 9.78 Å². The van der Waals surface area contributed by atoms with E-state index in [1.165, 1.54) is 6.26 Å².